The molecule has 0 saturated heterocycles. The van der Waals surface area contributed by atoms with Crippen molar-refractivity contribution < 1.29 is 4.79 Å². The van der Waals surface area contributed by atoms with Gasteiger partial charge in [0.25, 0.3) is 0 Å². The summed E-state index contributed by atoms with van der Waals surface area (Å²) in [5, 5.41) is 6.37. The third kappa shape index (κ3) is 3.11. The minimum absolute atomic E-state index is 0.0144. The van der Waals surface area contributed by atoms with Crippen LogP contribution in [0.25, 0.3) is 0 Å². The first-order valence-corrected chi connectivity index (χ1v) is 7.24. The van der Waals surface area contributed by atoms with Crippen LogP contribution >= 0.6 is 0 Å². The maximum absolute atomic E-state index is 12.4. The molecule has 4 nitrogen and oxygen atoms in total. The highest BCUT2D eigenvalue weighted by molar-refractivity contribution is 5.82. The van der Waals surface area contributed by atoms with Gasteiger partial charge in [0.2, 0.25) is 5.91 Å². The molecule has 0 radical (unpaired) electrons. The Morgan fingerprint density at radius 2 is 1.95 bits per heavy atom. The van der Waals surface area contributed by atoms with Crippen molar-refractivity contribution in [3.05, 3.63) is 65.5 Å². The average Bonchev–Trinajstić information content (AvgIpc) is 2.55. The van der Waals surface area contributed by atoms with Gasteiger partial charge in [-0.25, -0.2) is 0 Å². The van der Waals surface area contributed by atoms with E-state index in [4.69, 9.17) is 0 Å². The van der Waals surface area contributed by atoms with Crippen molar-refractivity contribution in [2.45, 2.75) is 32.0 Å². The maximum Gasteiger partial charge on any atom is 0.237 e. The summed E-state index contributed by atoms with van der Waals surface area (Å²) in [5.41, 5.74) is 3.60. The van der Waals surface area contributed by atoms with Gasteiger partial charge in [-0.2, -0.15) is 0 Å². The summed E-state index contributed by atoms with van der Waals surface area (Å²) in [6.45, 7) is 2.74. The zero-order valence-electron chi connectivity index (χ0n) is 12.0. The van der Waals surface area contributed by atoms with Crippen molar-refractivity contribution in [3.8, 4) is 0 Å². The summed E-state index contributed by atoms with van der Waals surface area (Å²) >= 11 is 0. The summed E-state index contributed by atoms with van der Waals surface area (Å²) in [7, 11) is 0. The molecule has 1 aromatic carbocycles. The highest BCUT2D eigenvalue weighted by Gasteiger charge is 2.24. The first kappa shape index (κ1) is 13.8. The number of aromatic nitrogens is 1. The van der Waals surface area contributed by atoms with Crippen LogP contribution in [0, 0.1) is 0 Å². The summed E-state index contributed by atoms with van der Waals surface area (Å²) < 4.78 is 0. The largest absolute Gasteiger partial charge is 0.348 e. The van der Waals surface area contributed by atoms with Gasteiger partial charge in [0, 0.05) is 18.9 Å². The highest BCUT2D eigenvalue weighted by atomic mass is 16.2. The van der Waals surface area contributed by atoms with Gasteiger partial charge < -0.3 is 10.6 Å². The minimum Gasteiger partial charge on any atom is -0.348 e. The molecule has 0 unspecified atom stereocenters. The van der Waals surface area contributed by atoms with E-state index in [0.29, 0.717) is 0 Å². The lowest BCUT2D eigenvalue weighted by Gasteiger charge is -2.26. The number of hydrogen-bond acceptors (Lipinski definition) is 3. The number of nitrogens with zero attached hydrogens (tertiary/aromatic N) is 1. The Balaban J connectivity index is 1.65. The molecule has 2 atom stereocenters. The maximum atomic E-state index is 12.4. The zero-order valence-corrected chi connectivity index (χ0v) is 12.0. The molecule has 108 valence electrons. The van der Waals surface area contributed by atoms with Gasteiger partial charge in [-0.05, 0) is 42.2 Å². The van der Waals surface area contributed by atoms with Crippen LogP contribution in [0.1, 0.15) is 29.7 Å². The van der Waals surface area contributed by atoms with Gasteiger partial charge in [0.05, 0.1) is 12.1 Å². The van der Waals surface area contributed by atoms with Crippen molar-refractivity contribution in [2.75, 3.05) is 0 Å². The molecule has 2 heterocycles. The molecule has 1 aliphatic rings. The van der Waals surface area contributed by atoms with E-state index in [1.165, 1.54) is 11.1 Å². The lowest BCUT2D eigenvalue weighted by molar-refractivity contribution is -0.124. The lowest BCUT2D eigenvalue weighted by atomic mass is 9.95. The highest BCUT2D eigenvalue weighted by Crippen LogP contribution is 2.17. The Kier molecular flexibility index (Phi) is 3.97. The molecule has 0 spiro atoms. The lowest BCUT2D eigenvalue weighted by Crippen LogP contribution is -2.48. The van der Waals surface area contributed by atoms with Crippen molar-refractivity contribution in [1.82, 2.24) is 15.6 Å². The number of pyridine rings is 1. The van der Waals surface area contributed by atoms with Crippen LogP contribution in [-0.2, 0) is 17.8 Å². The Bertz CT molecular complexity index is 627. The molecule has 2 aromatic rings. The van der Waals surface area contributed by atoms with Crippen LogP contribution in [0.5, 0.6) is 0 Å². The second-order valence-electron chi connectivity index (χ2n) is 5.42. The summed E-state index contributed by atoms with van der Waals surface area (Å²) in [5.74, 6) is 0.0498. The van der Waals surface area contributed by atoms with E-state index in [-0.39, 0.29) is 18.0 Å². The topological polar surface area (TPSA) is 54.0 Å². The number of nitrogens with one attached hydrogen (secondary N) is 2. The fourth-order valence-electron chi connectivity index (χ4n) is 2.69. The van der Waals surface area contributed by atoms with Crippen LogP contribution in [-0.4, -0.2) is 16.9 Å². The molecule has 2 N–H and O–H groups in total. The number of rotatable bonds is 3. The van der Waals surface area contributed by atoms with Crippen LogP contribution in [0.3, 0.4) is 0 Å². The molecule has 4 heteroatoms. The first-order valence-electron chi connectivity index (χ1n) is 7.24. The number of amides is 1. The van der Waals surface area contributed by atoms with Crippen molar-refractivity contribution in [1.29, 1.82) is 0 Å². The summed E-state index contributed by atoms with van der Waals surface area (Å²) in [6, 6.07) is 11.9. The second kappa shape index (κ2) is 6.06. The van der Waals surface area contributed by atoms with Gasteiger partial charge in [0.1, 0.15) is 0 Å². The Hall–Kier alpha value is -2.20. The van der Waals surface area contributed by atoms with E-state index in [9.17, 15) is 4.79 Å². The number of benzene rings is 1. The number of carbonyl (C=O) groups excluding carboxylic acids is 1. The van der Waals surface area contributed by atoms with E-state index in [0.717, 1.165) is 18.5 Å². The molecule has 0 saturated carbocycles. The fourth-order valence-corrected chi connectivity index (χ4v) is 2.69. The van der Waals surface area contributed by atoms with Crippen LogP contribution in [0.2, 0.25) is 0 Å². The molecule has 1 aliphatic heterocycles. The van der Waals surface area contributed by atoms with E-state index < -0.39 is 0 Å². The number of hydrogen-bond donors (Lipinski definition) is 2. The molecular weight excluding hydrogens is 262 g/mol. The van der Waals surface area contributed by atoms with Crippen molar-refractivity contribution >= 4 is 5.91 Å². The van der Waals surface area contributed by atoms with Gasteiger partial charge in [-0.3, -0.25) is 9.78 Å². The zero-order chi connectivity index (χ0) is 14.7. The van der Waals surface area contributed by atoms with Gasteiger partial charge in [-0.1, -0.05) is 24.3 Å². The van der Waals surface area contributed by atoms with Gasteiger partial charge in [-0.15, -0.1) is 0 Å². The Labute approximate surface area is 124 Å². The van der Waals surface area contributed by atoms with Crippen molar-refractivity contribution in [3.63, 3.8) is 0 Å². The van der Waals surface area contributed by atoms with Crippen molar-refractivity contribution in [2.24, 2.45) is 0 Å². The van der Waals surface area contributed by atoms with Crippen LogP contribution in [0.4, 0.5) is 0 Å². The van der Waals surface area contributed by atoms with E-state index in [1.807, 2.05) is 31.2 Å². The van der Waals surface area contributed by atoms with E-state index in [1.54, 1.807) is 12.4 Å². The van der Waals surface area contributed by atoms with Crippen LogP contribution < -0.4 is 10.6 Å². The molecule has 3 rings (SSSR count). The predicted octanol–water partition coefficient (Wildman–Crippen LogP) is 1.97. The molecule has 0 bridgehead atoms. The molecule has 1 amide bonds. The molecule has 0 aliphatic carbocycles. The normalized spacial score (nSPS) is 18.6. The third-order valence-corrected chi connectivity index (χ3v) is 3.96. The van der Waals surface area contributed by atoms with E-state index in [2.05, 4.69) is 27.8 Å². The minimum atomic E-state index is -0.163. The quantitative estimate of drug-likeness (QED) is 0.904. The van der Waals surface area contributed by atoms with Gasteiger partial charge in [0.15, 0.2) is 0 Å². The smallest absolute Gasteiger partial charge is 0.237 e. The standard InChI is InChI=1S/C17H19N3O/c1-12(13-6-8-18-9-7-13)20-17(21)16-10-14-4-2-3-5-15(14)11-19-16/h2-9,12,16,19H,10-11H2,1H3,(H,20,21)/t12-,16+/m1/s1. The number of carbonyl (C=O) groups is 1. The van der Waals surface area contributed by atoms with Crippen LogP contribution in [0.15, 0.2) is 48.8 Å². The first-order chi connectivity index (χ1) is 10.2. The summed E-state index contributed by atoms with van der Waals surface area (Å²) in [6.07, 6.45) is 4.23. The third-order valence-electron chi connectivity index (χ3n) is 3.96. The molecular formula is C17H19N3O. The second-order valence-corrected chi connectivity index (χ2v) is 5.42. The number of fused-ring (bicyclic) bond motifs is 1. The Morgan fingerprint density at radius 1 is 1.24 bits per heavy atom. The van der Waals surface area contributed by atoms with Gasteiger partial charge >= 0.3 is 0 Å². The molecule has 1 aromatic heterocycles. The fraction of sp³-hybridized carbons (Fsp3) is 0.294. The molecule has 0 fully saturated rings. The SMILES string of the molecule is C[C@@H](NC(=O)[C@@H]1Cc2ccccc2CN1)c1ccncc1. The summed E-state index contributed by atoms with van der Waals surface area (Å²) in [4.78, 5) is 16.4. The predicted molar refractivity (Wildman–Crippen MR) is 81.6 cm³/mol. The Morgan fingerprint density at radius 3 is 2.71 bits per heavy atom. The van der Waals surface area contributed by atoms with E-state index >= 15 is 0 Å². The monoisotopic (exact) mass is 281 g/mol. The average molecular weight is 281 g/mol. The molecule has 21 heavy (non-hydrogen) atoms.